The second kappa shape index (κ2) is 6.22. The van der Waals surface area contributed by atoms with Gasteiger partial charge in [-0.3, -0.25) is 19.7 Å². The van der Waals surface area contributed by atoms with Crippen LogP contribution in [-0.2, 0) is 0 Å². The van der Waals surface area contributed by atoms with Gasteiger partial charge in [0.15, 0.2) is 6.67 Å². The van der Waals surface area contributed by atoms with Crippen molar-refractivity contribution in [2.45, 2.75) is 44.6 Å². The molecule has 2 amide bonds. The highest BCUT2D eigenvalue weighted by atomic mass is 16.6. The zero-order chi connectivity index (χ0) is 17.6. The molecule has 1 aromatic carbocycles. The molecule has 0 aromatic heterocycles. The monoisotopic (exact) mass is 344 g/mol. The smallest absolute Gasteiger partial charge is 0.282 e. The normalized spacial score (nSPS) is 28.6. The summed E-state index contributed by atoms with van der Waals surface area (Å²) in [5.74, 6) is -0.228. The first-order valence-electron chi connectivity index (χ1n) is 9.06. The fraction of sp³-hybridized carbons (Fsp3) is 0.556. The van der Waals surface area contributed by atoms with Gasteiger partial charge in [-0.15, -0.1) is 0 Å². The number of nitrogens with one attached hydrogen (secondary N) is 1. The van der Waals surface area contributed by atoms with Gasteiger partial charge in [0.05, 0.1) is 23.1 Å². The summed E-state index contributed by atoms with van der Waals surface area (Å²) in [6.07, 6.45) is 7.21. The number of amides is 2. The number of rotatable bonds is 3. The molecule has 1 N–H and O–H groups in total. The number of nitro benzene ring substituents is 1. The SMILES string of the molecule is O=C1c2cccc([N+](=O)[O-])c2C(=O)N1C[NH+]1CCC[C@@H]2CCCC[C@@H]21. The van der Waals surface area contributed by atoms with Crippen molar-refractivity contribution in [2.75, 3.05) is 13.2 Å². The zero-order valence-corrected chi connectivity index (χ0v) is 14.1. The quantitative estimate of drug-likeness (QED) is 0.510. The summed E-state index contributed by atoms with van der Waals surface area (Å²) in [6.45, 7) is 1.28. The van der Waals surface area contributed by atoms with Gasteiger partial charge in [0, 0.05) is 12.0 Å². The molecule has 1 unspecified atom stereocenters. The predicted octanol–water partition coefficient (Wildman–Crippen LogP) is 1.39. The molecule has 132 valence electrons. The van der Waals surface area contributed by atoms with Crippen LogP contribution in [0.3, 0.4) is 0 Å². The van der Waals surface area contributed by atoms with Gasteiger partial charge in [0.25, 0.3) is 17.5 Å². The van der Waals surface area contributed by atoms with Gasteiger partial charge in [-0.25, -0.2) is 4.90 Å². The molecule has 0 radical (unpaired) electrons. The molecular weight excluding hydrogens is 322 g/mol. The van der Waals surface area contributed by atoms with Crippen LogP contribution in [0.25, 0.3) is 0 Å². The lowest BCUT2D eigenvalue weighted by molar-refractivity contribution is -0.942. The van der Waals surface area contributed by atoms with Crippen LogP contribution in [0.1, 0.15) is 59.2 Å². The Morgan fingerprint density at radius 3 is 2.68 bits per heavy atom. The number of benzene rings is 1. The minimum absolute atomic E-state index is 0.0471. The largest absolute Gasteiger partial charge is 0.315 e. The fourth-order valence-corrected chi connectivity index (χ4v) is 4.88. The molecule has 1 saturated heterocycles. The molecule has 25 heavy (non-hydrogen) atoms. The van der Waals surface area contributed by atoms with Crippen molar-refractivity contribution >= 4 is 17.5 Å². The van der Waals surface area contributed by atoms with E-state index in [1.165, 1.54) is 53.7 Å². The Kier molecular flexibility index (Phi) is 4.03. The van der Waals surface area contributed by atoms with E-state index in [0.29, 0.717) is 18.6 Å². The summed E-state index contributed by atoms with van der Waals surface area (Å²) >= 11 is 0. The standard InChI is InChI=1S/C18H21N3O4/c22-17-13-7-3-9-15(21(24)25)16(13)18(23)20(17)11-19-10-4-6-12-5-1-2-8-14(12)19/h3,7,9,12,14H,1-2,4-6,8,10-11H2/p+1/t12-,14-/m0/s1. The van der Waals surface area contributed by atoms with Gasteiger partial charge >= 0.3 is 0 Å². The number of hydrogen-bond donors (Lipinski definition) is 1. The van der Waals surface area contributed by atoms with E-state index >= 15 is 0 Å². The maximum absolute atomic E-state index is 12.8. The average Bonchev–Trinajstić information content (AvgIpc) is 2.87. The van der Waals surface area contributed by atoms with Crippen LogP contribution in [-0.4, -0.2) is 40.9 Å². The molecule has 1 aromatic rings. The van der Waals surface area contributed by atoms with Crippen LogP contribution in [0.5, 0.6) is 0 Å². The molecule has 2 fully saturated rings. The van der Waals surface area contributed by atoms with E-state index in [-0.39, 0.29) is 16.8 Å². The minimum atomic E-state index is -0.585. The van der Waals surface area contributed by atoms with Crippen molar-refractivity contribution in [2.24, 2.45) is 5.92 Å². The Morgan fingerprint density at radius 1 is 1.12 bits per heavy atom. The molecule has 1 aliphatic carbocycles. The number of hydrogen-bond acceptors (Lipinski definition) is 4. The number of piperidine rings is 1. The number of imide groups is 1. The number of quaternary nitrogens is 1. The Labute approximate surface area is 145 Å². The predicted molar refractivity (Wildman–Crippen MR) is 89.3 cm³/mol. The van der Waals surface area contributed by atoms with Crippen LogP contribution >= 0.6 is 0 Å². The van der Waals surface area contributed by atoms with Gasteiger partial charge < -0.3 is 4.90 Å². The highest BCUT2D eigenvalue weighted by Gasteiger charge is 2.45. The van der Waals surface area contributed by atoms with Gasteiger partial charge in [0.2, 0.25) is 0 Å². The molecule has 7 heteroatoms. The van der Waals surface area contributed by atoms with Crippen LogP contribution in [0, 0.1) is 16.0 Å². The van der Waals surface area contributed by atoms with Crippen molar-refractivity contribution in [3.8, 4) is 0 Å². The lowest BCUT2D eigenvalue weighted by atomic mass is 9.78. The van der Waals surface area contributed by atoms with Crippen molar-refractivity contribution in [1.82, 2.24) is 4.90 Å². The topological polar surface area (TPSA) is 85.0 Å². The summed E-state index contributed by atoms with van der Waals surface area (Å²) < 4.78 is 0. The molecule has 2 aliphatic heterocycles. The zero-order valence-electron chi connectivity index (χ0n) is 14.1. The second-order valence-electron chi connectivity index (χ2n) is 7.35. The maximum atomic E-state index is 12.8. The number of nitro groups is 1. The van der Waals surface area contributed by atoms with E-state index in [1.807, 2.05) is 0 Å². The van der Waals surface area contributed by atoms with Crippen LogP contribution < -0.4 is 4.90 Å². The summed E-state index contributed by atoms with van der Waals surface area (Å²) in [6, 6.07) is 4.77. The highest BCUT2D eigenvalue weighted by molar-refractivity contribution is 6.23. The Morgan fingerprint density at radius 2 is 1.88 bits per heavy atom. The third-order valence-corrected chi connectivity index (χ3v) is 6.04. The Bertz CT molecular complexity index is 746. The third kappa shape index (κ3) is 2.63. The molecule has 0 spiro atoms. The van der Waals surface area contributed by atoms with E-state index in [9.17, 15) is 19.7 Å². The van der Waals surface area contributed by atoms with Gasteiger partial charge in [-0.1, -0.05) is 12.5 Å². The molecule has 3 atom stereocenters. The highest BCUT2D eigenvalue weighted by Crippen LogP contribution is 2.31. The molecule has 3 aliphatic rings. The lowest BCUT2D eigenvalue weighted by Gasteiger charge is -2.42. The van der Waals surface area contributed by atoms with Crippen molar-refractivity contribution in [1.29, 1.82) is 0 Å². The van der Waals surface area contributed by atoms with E-state index in [0.717, 1.165) is 19.4 Å². The first-order chi connectivity index (χ1) is 12.1. The number of carbonyl (C=O) groups is 2. The van der Waals surface area contributed by atoms with Crippen LogP contribution in [0.4, 0.5) is 5.69 Å². The lowest BCUT2D eigenvalue weighted by Crippen LogP contribution is -3.19. The minimum Gasteiger partial charge on any atom is -0.315 e. The maximum Gasteiger partial charge on any atom is 0.282 e. The summed E-state index contributed by atoms with van der Waals surface area (Å²) in [4.78, 5) is 38.6. The molecule has 4 rings (SSSR count). The third-order valence-electron chi connectivity index (χ3n) is 6.04. The Balaban J connectivity index is 1.60. The summed E-state index contributed by atoms with van der Waals surface area (Å²) in [5, 5.41) is 11.2. The van der Waals surface area contributed by atoms with E-state index in [2.05, 4.69) is 0 Å². The van der Waals surface area contributed by atoms with Crippen LogP contribution in [0.15, 0.2) is 18.2 Å². The Hall–Kier alpha value is -2.28. The van der Waals surface area contributed by atoms with Crippen molar-refractivity contribution in [3.05, 3.63) is 39.4 Å². The number of likely N-dealkylation sites (tertiary alicyclic amines) is 1. The first kappa shape index (κ1) is 16.2. The second-order valence-corrected chi connectivity index (χ2v) is 7.35. The number of nitrogens with zero attached hydrogens (tertiary/aromatic N) is 2. The molecule has 7 nitrogen and oxygen atoms in total. The number of fused-ring (bicyclic) bond motifs is 2. The molecular formula is C18H22N3O4+. The van der Waals surface area contributed by atoms with E-state index in [4.69, 9.17) is 0 Å². The molecule has 0 bridgehead atoms. The van der Waals surface area contributed by atoms with Gasteiger partial charge in [0.1, 0.15) is 5.56 Å². The summed E-state index contributed by atoms with van der Waals surface area (Å²) in [5.41, 5.74) is -0.160. The van der Waals surface area contributed by atoms with E-state index in [1.54, 1.807) is 0 Å². The van der Waals surface area contributed by atoms with Crippen LogP contribution in [0.2, 0.25) is 0 Å². The summed E-state index contributed by atoms with van der Waals surface area (Å²) in [7, 11) is 0. The fourth-order valence-electron chi connectivity index (χ4n) is 4.88. The van der Waals surface area contributed by atoms with Crippen molar-refractivity contribution < 1.29 is 19.4 Å². The van der Waals surface area contributed by atoms with Gasteiger partial charge in [-0.05, 0) is 38.2 Å². The first-order valence-corrected chi connectivity index (χ1v) is 9.06. The number of carbonyl (C=O) groups excluding carboxylic acids is 2. The average molecular weight is 344 g/mol. The molecule has 2 heterocycles. The molecule has 1 saturated carbocycles. The van der Waals surface area contributed by atoms with Gasteiger partial charge in [-0.2, -0.15) is 0 Å². The van der Waals surface area contributed by atoms with E-state index < -0.39 is 16.7 Å². The van der Waals surface area contributed by atoms with Crippen molar-refractivity contribution in [3.63, 3.8) is 0 Å².